The van der Waals surface area contributed by atoms with Crippen molar-refractivity contribution >= 4 is 10.8 Å². The number of ether oxygens (including phenoxy) is 2. The summed E-state index contributed by atoms with van der Waals surface area (Å²) in [5, 5.41) is 2.29. The van der Waals surface area contributed by atoms with Crippen LogP contribution in [0.15, 0.2) is 36.4 Å². The molecule has 0 aromatic heterocycles. The van der Waals surface area contributed by atoms with Gasteiger partial charge >= 0.3 is 0 Å². The Balaban J connectivity index is 2.10. The van der Waals surface area contributed by atoms with E-state index in [4.69, 9.17) is 9.47 Å². The highest BCUT2D eigenvalue weighted by molar-refractivity contribution is 5.85. The summed E-state index contributed by atoms with van der Waals surface area (Å²) in [7, 11) is 3.42. The van der Waals surface area contributed by atoms with Gasteiger partial charge in [-0.05, 0) is 41.5 Å². The van der Waals surface area contributed by atoms with Crippen molar-refractivity contribution in [2.24, 2.45) is 0 Å². The van der Waals surface area contributed by atoms with Gasteiger partial charge in [-0.2, -0.15) is 0 Å². The molecule has 0 heterocycles. The SMILES string of the molecule is [CH2]Oc1ccc2ccc(OCCCCC)cc2c1. The maximum absolute atomic E-state index is 5.73. The molecule has 18 heavy (non-hydrogen) atoms. The predicted octanol–water partition coefficient (Wildman–Crippen LogP) is 4.58. The van der Waals surface area contributed by atoms with Crippen LogP contribution in [0.4, 0.5) is 0 Å². The first-order valence-corrected chi connectivity index (χ1v) is 6.42. The average molecular weight is 243 g/mol. The lowest BCUT2D eigenvalue weighted by Crippen LogP contribution is -1.96. The van der Waals surface area contributed by atoms with Gasteiger partial charge in [0.15, 0.2) is 0 Å². The molecule has 2 heteroatoms. The Morgan fingerprint density at radius 2 is 1.67 bits per heavy atom. The number of rotatable bonds is 6. The molecule has 2 nitrogen and oxygen atoms in total. The summed E-state index contributed by atoms with van der Waals surface area (Å²) < 4.78 is 10.7. The largest absolute Gasteiger partial charge is 0.494 e. The molecule has 0 aliphatic heterocycles. The molecule has 0 fully saturated rings. The zero-order chi connectivity index (χ0) is 12.8. The van der Waals surface area contributed by atoms with Gasteiger partial charge in [-0.3, -0.25) is 0 Å². The first-order chi connectivity index (χ1) is 8.83. The Bertz CT molecular complexity index is 505. The van der Waals surface area contributed by atoms with Crippen LogP contribution in [0.2, 0.25) is 0 Å². The summed E-state index contributed by atoms with van der Waals surface area (Å²) in [6.07, 6.45) is 3.54. The third-order valence-corrected chi connectivity index (χ3v) is 2.97. The quantitative estimate of drug-likeness (QED) is 0.691. The predicted molar refractivity (Wildman–Crippen MR) is 75.0 cm³/mol. The Hall–Kier alpha value is -1.70. The summed E-state index contributed by atoms with van der Waals surface area (Å²) in [5.74, 6) is 1.69. The highest BCUT2D eigenvalue weighted by atomic mass is 16.5. The van der Waals surface area contributed by atoms with Crippen molar-refractivity contribution in [3.8, 4) is 11.5 Å². The van der Waals surface area contributed by atoms with E-state index < -0.39 is 0 Å². The van der Waals surface area contributed by atoms with Gasteiger partial charge in [0, 0.05) is 0 Å². The fourth-order valence-electron chi connectivity index (χ4n) is 1.92. The molecule has 2 aromatic carbocycles. The molecule has 2 rings (SSSR count). The van der Waals surface area contributed by atoms with Crippen molar-refractivity contribution in [1.82, 2.24) is 0 Å². The number of hydrogen-bond donors (Lipinski definition) is 0. The molecule has 0 N–H and O–H groups in total. The highest BCUT2D eigenvalue weighted by Gasteiger charge is 1.99. The van der Waals surface area contributed by atoms with E-state index >= 15 is 0 Å². The van der Waals surface area contributed by atoms with Crippen molar-refractivity contribution in [3.05, 3.63) is 43.5 Å². The van der Waals surface area contributed by atoms with E-state index in [0.29, 0.717) is 0 Å². The molecule has 0 saturated heterocycles. The van der Waals surface area contributed by atoms with Crippen molar-refractivity contribution in [3.63, 3.8) is 0 Å². The van der Waals surface area contributed by atoms with Crippen LogP contribution in [0.3, 0.4) is 0 Å². The van der Waals surface area contributed by atoms with Crippen LogP contribution in [-0.4, -0.2) is 6.61 Å². The second kappa shape index (κ2) is 6.29. The van der Waals surface area contributed by atoms with Gasteiger partial charge in [0.1, 0.15) is 18.6 Å². The van der Waals surface area contributed by atoms with Crippen molar-refractivity contribution in [1.29, 1.82) is 0 Å². The molecule has 0 aliphatic carbocycles. The van der Waals surface area contributed by atoms with E-state index in [9.17, 15) is 0 Å². The molecule has 0 bridgehead atoms. The van der Waals surface area contributed by atoms with E-state index in [-0.39, 0.29) is 0 Å². The lowest BCUT2D eigenvalue weighted by molar-refractivity contribution is 0.306. The second-order valence-electron chi connectivity index (χ2n) is 4.37. The zero-order valence-corrected chi connectivity index (χ0v) is 10.8. The molecule has 0 saturated carbocycles. The summed E-state index contributed by atoms with van der Waals surface area (Å²) in [6.45, 7) is 2.97. The monoisotopic (exact) mass is 243 g/mol. The number of fused-ring (bicyclic) bond motifs is 1. The third-order valence-electron chi connectivity index (χ3n) is 2.97. The Morgan fingerprint density at radius 1 is 0.944 bits per heavy atom. The van der Waals surface area contributed by atoms with E-state index in [1.165, 1.54) is 18.2 Å². The normalized spacial score (nSPS) is 10.6. The molecular formula is C16H19O2. The number of hydrogen-bond acceptors (Lipinski definition) is 2. The van der Waals surface area contributed by atoms with Gasteiger partial charge in [-0.1, -0.05) is 31.9 Å². The fourth-order valence-corrected chi connectivity index (χ4v) is 1.92. The standard InChI is InChI=1S/C16H19O2/c1-3-4-5-10-18-16-9-7-13-6-8-15(17-2)11-14(13)12-16/h6-9,11-12H,2-5,10H2,1H3. The van der Waals surface area contributed by atoms with Crippen LogP contribution >= 0.6 is 0 Å². The minimum Gasteiger partial charge on any atom is -0.494 e. The van der Waals surface area contributed by atoms with E-state index in [0.717, 1.165) is 29.9 Å². The molecule has 2 aromatic rings. The second-order valence-corrected chi connectivity index (χ2v) is 4.37. The Kier molecular flexibility index (Phi) is 4.46. The Morgan fingerprint density at radius 3 is 2.39 bits per heavy atom. The number of benzene rings is 2. The summed E-state index contributed by atoms with van der Waals surface area (Å²) in [5.41, 5.74) is 0. The maximum atomic E-state index is 5.73. The zero-order valence-electron chi connectivity index (χ0n) is 10.8. The van der Waals surface area contributed by atoms with Gasteiger partial charge in [0.2, 0.25) is 0 Å². The van der Waals surface area contributed by atoms with Crippen LogP contribution in [0.5, 0.6) is 11.5 Å². The fraction of sp³-hybridized carbons (Fsp3) is 0.312. The summed E-state index contributed by atoms with van der Waals surface area (Å²) in [4.78, 5) is 0. The molecule has 95 valence electrons. The van der Waals surface area contributed by atoms with Crippen molar-refractivity contribution in [2.45, 2.75) is 26.2 Å². The van der Waals surface area contributed by atoms with Crippen LogP contribution in [0.1, 0.15) is 26.2 Å². The molecule has 0 amide bonds. The van der Waals surface area contributed by atoms with Crippen LogP contribution in [-0.2, 0) is 0 Å². The Labute approximate surface area is 109 Å². The molecule has 0 unspecified atom stereocenters. The van der Waals surface area contributed by atoms with Crippen LogP contribution in [0, 0.1) is 7.11 Å². The van der Waals surface area contributed by atoms with Gasteiger partial charge in [0.25, 0.3) is 0 Å². The van der Waals surface area contributed by atoms with E-state index in [2.05, 4.69) is 20.1 Å². The average Bonchev–Trinajstić information content (AvgIpc) is 2.42. The minimum absolute atomic E-state index is 0.769. The topological polar surface area (TPSA) is 18.5 Å². The first kappa shape index (κ1) is 12.7. The highest BCUT2D eigenvalue weighted by Crippen LogP contribution is 2.25. The lowest BCUT2D eigenvalue weighted by Gasteiger charge is -2.07. The van der Waals surface area contributed by atoms with E-state index in [1.54, 1.807) is 0 Å². The van der Waals surface area contributed by atoms with E-state index in [1.807, 2.05) is 30.3 Å². The van der Waals surface area contributed by atoms with Gasteiger partial charge in [-0.25, -0.2) is 0 Å². The lowest BCUT2D eigenvalue weighted by atomic mass is 10.1. The molecule has 0 atom stereocenters. The van der Waals surface area contributed by atoms with Crippen LogP contribution in [0.25, 0.3) is 10.8 Å². The van der Waals surface area contributed by atoms with Gasteiger partial charge < -0.3 is 9.47 Å². The van der Waals surface area contributed by atoms with Crippen molar-refractivity contribution in [2.75, 3.05) is 6.61 Å². The van der Waals surface area contributed by atoms with Crippen LogP contribution < -0.4 is 9.47 Å². The maximum Gasteiger partial charge on any atom is 0.122 e. The van der Waals surface area contributed by atoms with Gasteiger partial charge in [0.05, 0.1) is 6.61 Å². The molecule has 0 aliphatic rings. The first-order valence-electron chi connectivity index (χ1n) is 6.42. The van der Waals surface area contributed by atoms with Gasteiger partial charge in [-0.15, -0.1) is 0 Å². The third kappa shape index (κ3) is 3.16. The number of unbranched alkanes of at least 4 members (excludes halogenated alkanes) is 2. The summed E-state index contributed by atoms with van der Waals surface area (Å²) in [6, 6.07) is 12.0. The molecular weight excluding hydrogens is 224 g/mol. The molecule has 1 radical (unpaired) electrons. The smallest absolute Gasteiger partial charge is 0.122 e. The molecule has 0 spiro atoms. The van der Waals surface area contributed by atoms with Crippen molar-refractivity contribution < 1.29 is 9.47 Å². The summed E-state index contributed by atoms with van der Waals surface area (Å²) >= 11 is 0. The minimum atomic E-state index is 0.769.